The Morgan fingerprint density at radius 1 is 1.14 bits per heavy atom. The summed E-state index contributed by atoms with van der Waals surface area (Å²) in [6.45, 7) is 1.89. The first-order valence-electron chi connectivity index (χ1n) is 12.9. The molecule has 9 nitrogen and oxygen atoms in total. The van der Waals surface area contributed by atoms with Gasteiger partial charge < -0.3 is 20.5 Å². The molecule has 2 amide bonds. The first-order chi connectivity index (χ1) is 17.5. The molecule has 0 radical (unpaired) electrons. The molecule has 9 heteroatoms. The Morgan fingerprint density at radius 3 is 2.61 bits per heavy atom. The van der Waals surface area contributed by atoms with Gasteiger partial charge in [-0.25, -0.2) is 9.67 Å². The van der Waals surface area contributed by atoms with Gasteiger partial charge in [0.05, 0.1) is 23.6 Å². The predicted octanol–water partition coefficient (Wildman–Crippen LogP) is 3.46. The minimum atomic E-state index is -0.186. The van der Waals surface area contributed by atoms with E-state index in [0.717, 1.165) is 74.4 Å². The second kappa shape index (κ2) is 12.5. The van der Waals surface area contributed by atoms with Gasteiger partial charge in [-0.05, 0) is 69.6 Å². The third kappa shape index (κ3) is 6.81. The van der Waals surface area contributed by atoms with Gasteiger partial charge >= 0.3 is 0 Å². The van der Waals surface area contributed by atoms with E-state index in [1.165, 1.54) is 0 Å². The molecule has 1 aliphatic rings. The van der Waals surface area contributed by atoms with Crippen molar-refractivity contribution >= 4 is 11.8 Å². The van der Waals surface area contributed by atoms with Crippen LogP contribution in [0.1, 0.15) is 56.8 Å². The van der Waals surface area contributed by atoms with Crippen LogP contribution in [0.4, 0.5) is 0 Å². The first kappa shape index (κ1) is 25.6. The number of hydrogen-bond acceptors (Lipinski definition) is 5. The van der Waals surface area contributed by atoms with Crippen LogP contribution in [0.2, 0.25) is 0 Å². The predicted molar refractivity (Wildman–Crippen MR) is 139 cm³/mol. The van der Waals surface area contributed by atoms with E-state index in [9.17, 15) is 9.59 Å². The molecule has 1 atom stereocenters. The van der Waals surface area contributed by atoms with Crippen molar-refractivity contribution in [1.29, 1.82) is 0 Å². The summed E-state index contributed by atoms with van der Waals surface area (Å²) in [5, 5.41) is 10.2. The largest absolute Gasteiger partial charge is 0.359 e. The highest BCUT2D eigenvalue weighted by atomic mass is 16.2. The fourth-order valence-electron chi connectivity index (χ4n) is 4.65. The van der Waals surface area contributed by atoms with Gasteiger partial charge in [-0.2, -0.15) is 5.10 Å². The molecule has 1 unspecified atom stereocenters. The van der Waals surface area contributed by atoms with Crippen LogP contribution in [0.25, 0.3) is 16.9 Å². The molecule has 1 aromatic carbocycles. The number of aromatic nitrogens is 4. The molecule has 0 bridgehead atoms. The number of H-pyrrole nitrogens is 1. The van der Waals surface area contributed by atoms with E-state index < -0.39 is 0 Å². The molecule has 192 valence electrons. The molecule has 2 aromatic heterocycles. The number of piperidine rings is 1. The third-order valence-corrected chi connectivity index (χ3v) is 6.95. The standard InChI is InChI=1S/C27H37N7O2/c1-28-25(35)8-5-3-4-7-23(32-27(36)21-13-17-33(2)18-14-21)26-29-19-24(31-26)20-9-11-22(12-10-20)34-16-6-15-30-34/h6,9-12,15-16,19,21,23H,3-5,7-8,13-14,17-18H2,1-2H3,(H,28,35)(H,29,31)(H,32,36). The smallest absolute Gasteiger partial charge is 0.223 e. The minimum Gasteiger partial charge on any atom is -0.359 e. The Morgan fingerprint density at radius 2 is 1.92 bits per heavy atom. The molecule has 4 rings (SSSR count). The van der Waals surface area contributed by atoms with Gasteiger partial charge in [0.1, 0.15) is 5.82 Å². The monoisotopic (exact) mass is 491 g/mol. The quantitative estimate of drug-likeness (QED) is 0.356. The zero-order chi connectivity index (χ0) is 25.3. The number of carbonyl (C=O) groups is 2. The van der Waals surface area contributed by atoms with Crippen molar-refractivity contribution in [1.82, 2.24) is 35.3 Å². The summed E-state index contributed by atoms with van der Waals surface area (Å²) < 4.78 is 1.82. The summed E-state index contributed by atoms with van der Waals surface area (Å²) in [4.78, 5) is 35.0. The third-order valence-electron chi connectivity index (χ3n) is 6.95. The lowest BCUT2D eigenvalue weighted by atomic mass is 9.95. The average Bonchev–Trinajstić information content (AvgIpc) is 3.61. The van der Waals surface area contributed by atoms with Gasteiger partial charge in [-0.15, -0.1) is 0 Å². The van der Waals surface area contributed by atoms with Gasteiger partial charge in [0.2, 0.25) is 11.8 Å². The molecule has 3 aromatic rings. The van der Waals surface area contributed by atoms with E-state index in [4.69, 9.17) is 0 Å². The van der Waals surface area contributed by atoms with Crippen LogP contribution in [0.3, 0.4) is 0 Å². The van der Waals surface area contributed by atoms with Crippen LogP contribution in [0, 0.1) is 5.92 Å². The van der Waals surface area contributed by atoms with Crippen molar-refractivity contribution in [3.63, 3.8) is 0 Å². The van der Waals surface area contributed by atoms with E-state index in [2.05, 4.69) is 37.6 Å². The van der Waals surface area contributed by atoms with E-state index >= 15 is 0 Å². The van der Waals surface area contributed by atoms with Gasteiger partial charge in [0, 0.05) is 31.8 Å². The maximum Gasteiger partial charge on any atom is 0.223 e. The summed E-state index contributed by atoms with van der Waals surface area (Å²) >= 11 is 0. The van der Waals surface area contributed by atoms with Gasteiger partial charge in [-0.1, -0.05) is 25.0 Å². The van der Waals surface area contributed by atoms with Gasteiger partial charge in [0.15, 0.2) is 0 Å². The number of rotatable bonds is 11. The van der Waals surface area contributed by atoms with Crippen LogP contribution >= 0.6 is 0 Å². The Balaban J connectivity index is 1.42. The highest BCUT2D eigenvalue weighted by Gasteiger charge is 2.26. The zero-order valence-electron chi connectivity index (χ0n) is 21.2. The molecule has 0 saturated carbocycles. The molecular weight excluding hydrogens is 454 g/mol. The highest BCUT2D eigenvalue weighted by molar-refractivity contribution is 5.79. The first-order valence-corrected chi connectivity index (χ1v) is 12.9. The summed E-state index contributed by atoms with van der Waals surface area (Å²) in [6.07, 6.45) is 11.2. The SMILES string of the molecule is CNC(=O)CCCCCC(NC(=O)C1CCN(C)CC1)c1ncc(-c2ccc(-n3cccn3)cc2)[nH]1. The summed E-state index contributed by atoms with van der Waals surface area (Å²) in [5.74, 6) is 0.992. The van der Waals surface area contributed by atoms with Gasteiger partial charge in [0.25, 0.3) is 0 Å². The Kier molecular flexibility index (Phi) is 8.89. The molecular formula is C27H37N7O2. The molecule has 3 N–H and O–H groups in total. The maximum absolute atomic E-state index is 13.1. The second-order valence-corrected chi connectivity index (χ2v) is 9.59. The zero-order valence-corrected chi connectivity index (χ0v) is 21.2. The Bertz CT molecular complexity index is 1100. The molecule has 0 aliphatic carbocycles. The van der Waals surface area contributed by atoms with Crippen molar-refractivity contribution in [3.05, 3.63) is 54.7 Å². The maximum atomic E-state index is 13.1. The number of amides is 2. The molecule has 1 saturated heterocycles. The fourth-order valence-corrected chi connectivity index (χ4v) is 4.65. The Hall–Kier alpha value is -3.46. The van der Waals surface area contributed by atoms with Crippen LogP contribution in [-0.2, 0) is 9.59 Å². The topological polar surface area (TPSA) is 108 Å². The summed E-state index contributed by atoms with van der Waals surface area (Å²) in [7, 11) is 3.76. The van der Waals surface area contributed by atoms with E-state index in [-0.39, 0.29) is 23.8 Å². The summed E-state index contributed by atoms with van der Waals surface area (Å²) in [5.41, 5.74) is 2.93. The molecule has 3 heterocycles. The lowest BCUT2D eigenvalue weighted by Gasteiger charge is -2.29. The number of benzene rings is 1. The lowest BCUT2D eigenvalue weighted by Crippen LogP contribution is -2.40. The second-order valence-electron chi connectivity index (χ2n) is 9.59. The minimum absolute atomic E-state index is 0.0428. The van der Waals surface area contributed by atoms with Crippen molar-refractivity contribution in [3.8, 4) is 16.9 Å². The highest BCUT2D eigenvalue weighted by Crippen LogP contribution is 2.25. The van der Waals surface area contributed by atoms with Crippen molar-refractivity contribution in [2.45, 2.75) is 51.0 Å². The number of aromatic amines is 1. The number of hydrogen-bond donors (Lipinski definition) is 3. The lowest BCUT2D eigenvalue weighted by molar-refractivity contribution is -0.127. The summed E-state index contributed by atoms with van der Waals surface area (Å²) in [6, 6.07) is 9.84. The molecule has 1 fully saturated rings. The average molecular weight is 492 g/mol. The van der Waals surface area contributed by atoms with Crippen molar-refractivity contribution < 1.29 is 9.59 Å². The van der Waals surface area contributed by atoms with Crippen molar-refractivity contribution in [2.75, 3.05) is 27.2 Å². The van der Waals surface area contributed by atoms with E-state index in [1.807, 2.05) is 47.4 Å². The number of imidazole rings is 1. The van der Waals surface area contributed by atoms with Gasteiger partial charge in [-0.3, -0.25) is 9.59 Å². The number of carbonyl (C=O) groups excluding carboxylic acids is 2. The van der Waals surface area contributed by atoms with Crippen LogP contribution in [0.15, 0.2) is 48.9 Å². The fraction of sp³-hybridized carbons (Fsp3) is 0.481. The molecule has 36 heavy (non-hydrogen) atoms. The number of likely N-dealkylation sites (tertiary alicyclic amines) is 1. The number of unbranched alkanes of at least 4 members (excludes halogenated alkanes) is 2. The van der Waals surface area contributed by atoms with E-state index in [0.29, 0.717) is 6.42 Å². The Labute approximate surface area is 212 Å². The number of nitrogens with one attached hydrogen (secondary N) is 3. The van der Waals surface area contributed by atoms with Crippen molar-refractivity contribution in [2.24, 2.45) is 5.92 Å². The normalized spacial score (nSPS) is 15.5. The van der Waals surface area contributed by atoms with Crippen LogP contribution < -0.4 is 10.6 Å². The molecule has 1 aliphatic heterocycles. The molecule has 0 spiro atoms. The van der Waals surface area contributed by atoms with E-state index in [1.54, 1.807) is 13.2 Å². The number of nitrogens with zero attached hydrogens (tertiary/aromatic N) is 4. The van der Waals surface area contributed by atoms with Crippen LogP contribution in [-0.4, -0.2) is 63.6 Å². The van der Waals surface area contributed by atoms with Crippen LogP contribution in [0.5, 0.6) is 0 Å².